The molecule has 150 valence electrons. The number of rotatable bonds is 10. The summed E-state index contributed by atoms with van der Waals surface area (Å²) < 4.78 is 22.0. The van der Waals surface area contributed by atoms with E-state index in [0.717, 1.165) is 11.3 Å². The van der Waals surface area contributed by atoms with Gasteiger partial charge >= 0.3 is 0 Å². The maximum atomic E-state index is 10.7. The van der Waals surface area contributed by atoms with Gasteiger partial charge in [0.05, 0.1) is 26.9 Å². The second-order valence-corrected chi connectivity index (χ2v) is 6.27. The normalized spacial score (nSPS) is 30.7. The fourth-order valence-corrected chi connectivity index (χ4v) is 3.02. The van der Waals surface area contributed by atoms with E-state index in [1.54, 1.807) is 19.2 Å². The van der Waals surface area contributed by atoms with Crippen LogP contribution in [0.4, 0.5) is 0 Å². The first-order valence-corrected chi connectivity index (χ1v) is 8.77. The molecule has 0 heterocycles. The largest absolute Gasteiger partial charge is 0.497 e. The second kappa shape index (κ2) is 10.6. The Bertz CT molecular complexity index is 588. The van der Waals surface area contributed by atoms with Crippen LogP contribution in [0.25, 0.3) is 0 Å². The van der Waals surface area contributed by atoms with Crippen molar-refractivity contribution in [2.24, 2.45) is 0 Å². The Morgan fingerprint density at radius 3 is 1.89 bits per heavy atom. The third-order valence-electron chi connectivity index (χ3n) is 4.43. The molecule has 2 rings (SSSR count). The third-order valence-corrected chi connectivity index (χ3v) is 4.43. The lowest BCUT2D eigenvalue weighted by molar-refractivity contribution is -0.254. The van der Waals surface area contributed by atoms with Crippen LogP contribution >= 0.6 is 0 Å². The SMILES string of the molecule is C=CCO[C@H]1[C@@H](O)[C@@H](OCc2ccc(OC)cc2)[C@H](OCC=C)[C@@H](O)[C@@H]1O. The van der Waals surface area contributed by atoms with E-state index in [1.807, 2.05) is 12.1 Å². The topological polar surface area (TPSA) is 97.6 Å². The van der Waals surface area contributed by atoms with Gasteiger partial charge in [-0.1, -0.05) is 24.3 Å². The van der Waals surface area contributed by atoms with E-state index < -0.39 is 36.6 Å². The van der Waals surface area contributed by atoms with Crippen LogP contribution in [-0.4, -0.2) is 72.3 Å². The zero-order chi connectivity index (χ0) is 19.8. The lowest BCUT2D eigenvalue weighted by atomic mass is 9.84. The minimum Gasteiger partial charge on any atom is -0.497 e. The highest BCUT2D eigenvalue weighted by Gasteiger charge is 2.51. The van der Waals surface area contributed by atoms with Crippen LogP contribution in [0.5, 0.6) is 5.75 Å². The Kier molecular flexibility index (Phi) is 8.43. The fraction of sp³-hybridized carbons (Fsp3) is 0.500. The van der Waals surface area contributed by atoms with Crippen molar-refractivity contribution in [3.05, 3.63) is 55.1 Å². The lowest BCUT2D eigenvalue weighted by Gasteiger charge is -2.45. The Labute approximate surface area is 159 Å². The Morgan fingerprint density at radius 2 is 1.33 bits per heavy atom. The van der Waals surface area contributed by atoms with Gasteiger partial charge in [0.1, 0.15) is 42.4 Å². The zero-order valence-electron chi connectivity index (χ0n) is 15.4. The van der Waals surface area contributed by atoms with Crippen LogP contribution in [0.3, 0.4) is 0 Å². The number of ether oxygens (including phenoxy) is 4. The summed E-state index contributed by atoms with van der Waals surface area (Å²) in [6, 6.07) is 7.28. The average Bonchev–Trinajstić information content (AvgIpc) is 2.69. The van der Waals surface area contributed by atoms with Crippen molar-refractivity contribution in [1.29, 1.82) is 0 Å². The van der Waals surface area contributed by atoms with Crippen molar-refractivity contribution in [3.8, 4) is 5.75 Å². The molecule has 1 saturated carbocycles. The van der Waals surface area contributed by atoms with Gasteiger partial charge in [-0.05, 0) is 17.7 Å². The molecule has 7 nitrogen and oxygen atoms in total. The van der Waals surface area contributed by atoms with Gasteiger partial charge in [-0.3, -0.25) is 0 Å². The van der Waals surface area contributed by atoms with Gasteiger partial charge in [0.2, 0.25) is 0 Å². The second-order valence-electron chi connectivity index (χ2n) is 6.27. The molecule has 0 aromatic heterocycles. The van der Waals surface area contributed by atoms with Crippen molar-refractivity contribution in [1.82, 2.24) is 0 Å². The number of methoxy groups -OCH3 is 1. The highest BCUT2D eigenvalue weighted by atomic mass is 16.6. The third kappa shape index (κ3) is 5.38. The molecule has 0 spiro atoms. The minimum atomic E-state index is -1.32. The summed E-state index contributed by atoms with van der Waals surface area (Å²) in [5, 5.41) is 31.5. The summed E-state index contributed by atoms with van der Waals surface area (Å²) in [4.78, 5) is 0. The lowest BCUT2D eigenvalue weighted by Crippen LogP contribution is -2.65. The molecule has 0 aliphatic heterocycles. The van der Waals surface area contributed by atoms with E-state index in [2.05, 4.69) is 13.2 Å². The van der Waals surface area contributed by atoms with Crippen LogP contribution in [-0.2, 0) is 20.8 Å². The van der Waals surface area contributed by atoms with E-state index in [1.165, 1.54) is 12.2 Å². The molecule has 1 aromatic rings. The first-order valence-electron chi connectivity index (χ1n) is 8.77. The predicted molar refractivity (Wildman–Crippen MR) is 99.5 cm³/mol. The van der Waals surface area contributed by atoms with Crippen LogP contribution in [0.15, 0.2) is 49.6 Å². The average molecular weight is 380 g/mol. The minimum absolute atomic E-state index is 0.120. The molecule has 1 fully saturated rings. The summed E-state index contributed by atoms with van der Waals surface area (Å²) in [6.45, 7) is 7.57. The van der Waals surface area contributed by atoms with Crippen molar-refractivity contribution in [2.75, 3.05) is 20.3 Å². The van der Waals surface area contributed by atoms with Crippen LogP contribution in [0.1, 0.15) is 5.56 Å². The molecule has 1 aliphatic carbocycles. The standard InChI is InChI=1S/C20H28O7/c1-4-10-25-18-15(21)16(22)19(26-11-5-2)20(17(18)23)27-12-13-6-8-14(24-3)9-7-13/h4-9,15-23H,1-2,10-12H2,3H3/t15-,16-,17+,18+,19+,20+/m0/s1. The number of benzene rings is 1. The molecule has 3 N–H and O–H groups in total. The zero-order valence-corrected chi connectivity index (χ0v) is 15.4. The summed E-state index contributed by atoms with van der Waals surface area (Å²) in [6.07, 6.45) is -3.65. The van der Waals surface area contributed by atoms with Gasteiger partial charge in [-0.2, -0.15) is 0 Å². The molecule has 1 aliphatic rings. The van der Waals surface area contributed by atoms with E-state index in [0.29, 0.717) is 0 Å². The number of aliphatic hydroxyl groups is 3. The van der Waals surface area contributed by atoms with Crippen LogP contribution < -0.4 is 4.74 Å². The quantitative estimate of drug-likeness (QED) is 0.517. The van der Waals surface area contributed by atoms with Gasteiger partial charge in [-0.25, -0.2) is 0 Å². The van der Waals surface area contributed by atoms with Crippen molar-refractivity contribution in [3.63, 3.8) is 0 Å². The van der Waals surface area contributed by atoms with Gasteiger partial charge in [0.25, 0.3) is 0 Å². The summed E-state index contributed by atoms with van der Waals surface area (Å²) >= 11 is 0. The number of aliphatic hydroxyl groups excluding tert-OH is 3. The summed E-state index contributed by atoms with van der Waals surface area (Å²) in [5.41, 5.74) is 0.856. The van der Waals surface area contributed by atoms with Crippen LogP contribution in [0, 0.1) is 0 Å². The maximum absolute atomic E-state index is 10.7. The van der Waals surface area contributed by atoms with E-state index in [-0.39, 0.29) is 19.8 Å². The van der Waals surface area contributed by atoms with Crippen molar-refractivity contribution < 1.29 is 34.3 Å². The molecule has 0 unspecified atom stereocenters. The summed E-state index contributed by atoms with van der Waals surface area (Å²) in [7, 11) is 1.58. The predicted octanol–water partition coefficient (Wildman–Crippen LogP) is 0.819. The molecule has 0 radical (unpaired) electrons. The molecule has 0 saturated heterocycles. The highest BCUT2D eigenvalue weighted by Crippen LogP contribution is 2.29. The Balaban J connectivity index is 2.14. The van der Waals surface area contributed by atoms with Crippen molar-refractivity contribution in [2.45, 2.75) is 43.2 Å². The van der Waals surface area contributed by atoms with E-state index in [4.69, 9.17) is 18.9 Å². The Hall–Kier alpha value is -1.74. The van der Waals surface area contributed by atoms with Gasteiger partial charge in [0, 0.05) is 0 Å². The van der Waals surface area contributed by atoms with Crippen LogP contribution in [0.2, 0.25) is 0 Å². The van der Waals surface area contributed by atoms with Gasteiger partial charge in [-0.15, -0.1) is 13.2 Å². The fourth-order valence-electron chi connectivity index (χ4n) is 3.02. The molecule has 0 bridgehead atoms. The molecular weight excluding hydrogens is 352 g/mol. The van der Waals surface area contributed by atoms with Gasteiger partial charge < -0.3 is 34.3 Å². The smallest absolute Gasteiger partial charge is 0.118 e. The monoisotopic (exact) mass is 380 g/mol. The van der Waals surface area contributed by atoms with E-state index in [9.17, 15) is 15.3 Å². The molecule has 0 amide bonds. The molecule has 6 atom stereocenters. The van der Waals surface area contributed by atoms with Crippen molar-refractivity contribution >= 4 is 0 Å². The van der Waals surface area contributed by atoms with E-state index >= 15 is 0 Å². The van der Waals surface area contributed by atoms with Gasteiger partial charge in [0.15, 0.2) is 0 Å². The maximum Gasteiger partial charge on any atom is 0.118 e. The molecular formula is C20H28O7. The first-order chi connectivity index (χ1) is 13.0. The molecule has 27 heavy (non-hydrogen) atoms. The highest BCUT2D eigenvalue weighted by molar-refractivity contribution is 5.26. The number of hydrogen-bond acceptors (Lipinski definition) is 7. The Morgan fingerprint density at radius 1 is 0.815 bits per heavy atom. The first kappa shape index (κ1) is 21.6. The summed E-state index contributed by atoms with van der Waals surface area (Å²) in [5.74, 6) is 0.722. The molecule has 1 aromatic carbocycles. The number of hydrogen-bond donors (Lipinski definition) is 3. The molecule has 7 heteroatoms.